The molecule has 0 aliphatic heterocycles. The van der Waals surface area contributed by atoms with E-state index < -0.39 is 0 Å². The third-order valence-corrected chi connectivity index (χ3v) is 6.63. The fraction of sp³-hybridized carbons (Fsp3) is 0. The highest BCUT2D eigenvalue weighted by Gasteiger charge is 2.24. The van der Waals surface area contributed by atoms with E-state index >= 15 is 0 Å². The van der Waals surface area contributed by atoms with Crippen molar-refractivity contribution in [3.63, 3.8) is 0 Å². The normalized spacial score (nSPS) is 11.4. The van der Waals surface area contributed by atoms with Crippen LogP contribution < -0.4 is 0 Å². The van der Waals surface area contributed by atoms with E-state index in [0.29, 0.717) is 11.0 Å². The minimum Gasteiger partial charge on any atom is -0.370 e. The lowest BCUT2D eigenvalue weighted by atomic mass is 9.96. The van der Waals surface area contributed by atoms with Gasteiger partial charge >= 0.3 is 0 Å². The van der Waals surface area contributed by atoms with Crippen LogP contribution in [0.5, 0.6) is 0 Å². The first-order chi connectivity index (χ1) is 17.3. The Kier molecular flexibility index (Phi) is 3.91. The second kappa shape index (κ2) is 7.12. The average Bonchev–Trinajstić information content (AvgIpc) is 3.27. The number of rotatable bonds is 1. The average molecular weight is 445 g/mol. The minimum atomic E-state index is 0.0351. The molecule has 0 fully saturated rings. The fourth-order valence-electron chi connectivity index (χ4n) is 5.24. The topological polar surface area (TPSA) is 39.4 Å². The quantitative estimate of drug-likeness (QED) is 0.189. The van der Waals surface area contributed by atoms with Crippen LogP contribution in [-0.4, -0.2) is 14.5 Å². The molecule has 35 heavy (non-hydrogen) atoms. The number of fused-ring (bicyclic) bond motifs is 10. The Morgan fingerprint density at radius 1 is 0.514 bits per heavy atom. The summed E-state index contributed by atoms with van der Waals surface area (Å²) in [5.74, 6) is 0.0729. The molecule has 5 heteroatoms. The summed E-state index contributed by atoms with van der Waals surface area (Å²) >= 11 is 0. The summed E-state index contributed by atoms with van der Waals surface area (Å²) < 4.78 is 2.27. The molecule has 0 unspecified atom stereocenters. The number of hydrogen-bond acceptors (Lipinski definition) is 2. The van der Waals surface area contributed by atoms with Crippen molar-refractivity contribution in [1.82, 2.24) is 14.5 Å². The number of hydrogen-bond donors (Lipinski definition) is 0. The third kappa shape index (κ3) is 2.55. The van der Waals surface area contributed by atoms with Crippen LogP contribution in [0.15, 0.2) is 91.0 Å². The monoisotopic (exact) mass is 445 g/mol. The lowest BCUT2D eigenvalue weighted by Crippen LogP contribution is -1.94. The van der Waals surface area contributed by atoms with Gasteiger partial charge in [-0.3, -0.25) is 0 Å². The van der Waals surface area contributed by atoms with Crippen molar-refractivity contribution < 1.29 is 0 Å². The van der Waals surface area contributed by atoms with Crippen LogP contribution in [0.1, 0.15) is 0 Å². The van der Waals surface area contributed by atoms with Crippen LogP contribution in [0.2, 0.25) is 0 Å². The van der Waals surface area contributed by atoms with Crippen molar-refractivity contribution in [2.45, 2.75) is 0 Å². The Morgan fingerprint density at radius 2 is 1.14 bits per heavy atom. The summed E-state index contributed by atoms with van der Waals surface area (Å²) in [5.41, 5.74) is 4.53. The summed E-state index contributed by atoms with van der Waals surface area (Å²) in [6.45, 7) is 15.2. The molecule has 0 saturated carbocycles. The van der Waals surface area contributed by atoms with Gasteiger partial charge in [0.2, 0.25) is 11.0 Å². The Bertz CT molecular complexity index is 2070. The van der Waals surface area contributed by atoms with Gasteiger partial charge in [-0.05, 0) is 41.1 Å². The summed E-state index contributed by atoms with van der Waals surface area (Å²) in [4.78, 5) is 16.4. The number of aromatic nitrogens is 3. The third-order valence-electron chi connectivity index (χ3n) is 6.63. The van der Waals surface area contributed by atoms with Crippen molar-refractivity contribution in [2.75, 3.05) is 0 Å². The zero-order valence-corrected chi connectivity index (χ0v) is 18.4. The number of benzene rings is 5. The van der Waals surface area contributed by atoms with E-state index in [4.69, 9.17) is 18.1 Å². The molecule has 7 rings (SSSR count). The SMILES string of the molecule is [C-]#[N+]c1nc2c3ccccc3c3ccc4c(c5ccccc5n4-c4ccccc4)c3c2nc1[N+]#[C-]. The Labute approximate surface area is 200 Å². The van der Waals surface area contributed by atoms with Crippen molar-refractivity contribution in [3.8, 4) is 5.69 Å². The lowest BCUT2D eigenvalue weighted by molar-refractivity contribution is 1.18. The molecule has 0 aliphatic carbocycles. The minimum absolute atomic E-state index is 0.0351. The smallest absolute Gasteiger partial charge is 0.294 e. The van der Waals surface area contributed by atoms with Gasteiger partial charge in [-0.25, -0.2) is 0 Å². The molecule has 0 aliphatic rings. The molecule has 0 radical (unpaired) electrons. The molecule has 2 heterocycles. The lowest BCUT2D eigenvalue weighted by Gasteiger charge is -2.10. The molecule has 0 N–H and O–H groups in total. The van der Waals surface area contributed by atoms with E-state index in [1.807, 2.05) is 42.5 Å². The highest BCUT2D eigenvalue weighted by atomic mass is 15.0. The van der Waals surface area contributed by atoms with Crippen LogP contribution in [-0.2, 0) is 0 Å². The van der Waals surface area contributed by atoms with Gasteiger partial charge in [0.25, 0.3) is 11.6 Å². The molecule has 5 aromatic carbocycles. The summed E-state index contributed by atoms with van der Waals surface area (Å²) in [5, 5.41) is 6.16. The second-order valence-corrected chi connectivity index (χ2v) is 8.41. The Balaban J connectivity index is 1.83. The number of para-hydroxylation sites is 2. The molecule has 0 amide bonds. The molecule has 5 nitrogen and oxygen atoms in total. The zero-order chi connectivity index (χ0) is 23.5. The molecule has 0 atom stereocenters. The highest BCUT2D eigenvalue weighted by molar-refractivity contribution is 6.34. The summed E-state index contributed by atoms with van der Waals surface area (Å²) in [6, 6.07) is 31.1. The highest BCUT2D eigenvalue weighted by Crippen LogP contribution is 2.43. The largest absolute Gasteiger partial charge is 0.370 e. The molecular formula is C30H15N5. The predicted molar refractivity (Wildman–Crippen MR) is 141 cm³/mol. The first-order valence-corrected chi connectivity index (χ1v) is 11.2. The van der Waals surface area contributed by atoms with Crippen LogP contribution in [0.3, 0.4) is 0 Å². The van der Waals surface area contributed by atoms with Crippen molar-refractivity contribution in [1.29, 1.82) is 0 Å². The van der Waals surface area contributed by atoms with Gasteiger partial charge in [-0.15, -0.1) is 9.97 Å². The standard InChI is InChI=1S/C30H15N5/c1-31-29-30(32-2)34-28-26-20(19-12-6-7-13-21(19)27(28)33-29)16-17-24-25(26)22-14-8-9-15-23(22)35(24)18-10-4-3-5-11-18/h3-17H. The van der Waals surface area contributed by atoms with Crippen LogP contribution >= 0.6 is 0 Å². The molecule has 0 saturated heterocycles. The zero-order valence-electron chi connectivity index (χ0n) is 18.4. The van der Waals surface area contributed by atoms with Crippen molar-refractivity contribution in [3.05, 3.63) is 114 Å². The van der Waals surface area contributed by atoms with E-state index in [1.165, 1.54) is 0 Å². The van der Waals surface area contributed by atoms with Crippen LogP contribution in [0, 0.1) is 13.1 Å². The van der Waals surface area contributed by atoms with E-state index in [1.54, 1.807) is 0 Å². The van der Waals surface area contributed by atoms with Gasteiger partial charge in [-0.2, -0.15) is 0 Å². The van der Waals surface area contributed by atoms with Gasteiger partial charge in [0.1, 0.15) is 0 Å². The van der Waals surface area contributed by atoms with E-state index in [2.05, 4.69) is 67.8 Å². The van der Waals surface area contributed by atoms with E-state index in [-0.39, 0.29) is 11.6 Å². The molecule has 2 aromatic heterocycles. The van der Waals surface area contributed by atoms with Gasteiger partial charge in [0.15, 0.2) is 0 Å². The Morgan fingerprint density at radius 3 is 1.89 bits per heavy atom. The first kappa shape index (κ1) is 19.2. The molecule has 7 aromatic rings. The summed E-state index contributed by atoms with van der Waals surface area (Å²) in [7, 11) is 0. The van der Waals surface area contributed by atoms with Crippen molar-refractivity contribution >= 4 is 66.0 Å². The molecular weight excluding hydrogens is 430 g/mol. The first-order valence-electron chi connectivity index (χ1n) is 11.2. The molecule has 0 spiro atoms. The summed E-state index contributed by atoms with van der Waals surface area (Å²) in [6.07, 6.45) is 0. The fourth-order valence-corrected chi connectivity index (χ4v) is 5.24. The molecule has 160 valence electrons. The van der Waals surface area contributed by atoms with E-state index in [0.717, 1.165) is 49.0 Å². The predicted octanol–water partition coefficient (Wildman–Crippen LogP) is 8.13. The van der Waals surface area contributed by atoms with Gasteiger partial charge in [0.05, 0.1) is 11.0 Å². The maximum Gasteiger partial charge on any atom is 0.294 e. The Hall–Kier alpha value is -5.26. The van der Waals surface area contributed by atoms with Gasteiger partial charge in [-0.1, -0.05) is 73.8 Å². The maximum absolute atomic E-state index is 7.62. The van der Waals surface area contributed by atoms with Crippen molar-refractivity contribution in [2.24, 2.45) is 0 Å². The number of nitrogens with zero attached hydrogens (tertiary/aromatic N) is 5. The van der Waals surface area contributed by atoms with E-state index in [9.17, 15) is 0 Å². The second-order valence-electron chi connectivity index (χ2n) is 8.41. The van der Waals surface area contributed by atoms with Gasteiger partial charge in [0, 0.05) is 27.2 Å². The maximum atomic E-state index is 7.62. The van der Waals surface area contributed by atoms with Crippen LogP contribution in [0.25, 0.3) is 69.8 Å². The molecule has 0 bridgehead atoms. The van der Waals surface area contributed by atoms with Gasteiger partial charge < -0.3 is 14.3 Å². The van der Waals surface area contributed by atoms with Crippen LogP contribution in [0.4, 0.5) is 11.6 Å².